The van der Waals surface area contributed by atoms with E-state index in [1.165, 1.54) is 12.1 Å². The van der Waals surface area contributed by atoms with Gasteiger partial charge in [-0.1, -0.05) is 13.8 Å². The van der Waals surface area contributed by atoms with Crippen molar-refractivity contribution in [1.82, 2.24) is 5.32 Å². The van der Waals surface area contributed by atoms with Gasteiger partial charge in [-0.25, -0.2) is 4.39 Å². The van der Waals surface area contributed by atoms with Crippen LogP contribution in [-0.2, 0) is 4.79 Å². The second-order valence-corrected chi connectivity index (χ2v) is 5.19. The Hall–Kier alpha value is -1.62. The first-order valence-electron chi connectivity index (χ1n) is 7.05. The summed E-state index contributed by atoms with van der Waals surface area (Å²) in [6.45, 7) is 6.13. The number of benzene rings is 1. The molecule has 0 saturated carbocycles. The monoisotopic (exact) mass is 280 g/mol. The zero-order chi connectivity index (χ0) is 14.5. The lowest BCUT2D eigenvalue weighted by Crippen LogP contribution is -2.48. The molecule has 1 amide bonds. The second kappa shape index (κ2) is 6.70. The fourth-order valence-electron chi connectivity index (χ4n) is 2.06. The molecule has 1 aromatic rings. The van der Waals surface area contributed by atoms with Gasteiger partial charge in [-0.15, -0.1) is 0 Å². The van der Waals surface area contributed by atoms with Gasteiger partial charge in [0.05, 0.1) is 12.3 Å². The Kier molecular flexibility index (Phi) is 4.95. The summed E-state index contributed by atoms with van der Waals surface area (Å²) in [7, 11) is 0. The molecule has 1 aliphatic heterocycles. The topological polar surface area (TPSA) is 50.4 Å². The average molecular weight is 280 g/mol. The van der Waals surface area contributed by atoms with Crippen LogP contribution in [0, 0.1) is 17.7 Å². The predicted molar refractivity (Wildman–Crippen MR) is 76.3 cm³/mol. The van der Waals surface area contributed by atoms with Crippen LogP contribution >= 0.6 is 0 Å². The minimum Gasteiger partial charge on any atom is -0.491 e. The van der Waals surface area contributed by atoms with Crippen LogP contribution in [0.1, 0.15) is 20.3 Å². The molecule has 0 spiro atoms. The summed E-state index contributed by atoms with van der Waals surface area (Å²) >= 11 is 0. The minimum absolute atomic E-state index is 0.0514. The summed E-state index contributed by atoms with van der Waals surface area (Å²) in [4.78, 5) is 12.2. The van der Waals surface area contributed by atoms with Crippen LogP contribution in [0.3, 0.4) is 0 Å². The smallest absolute Gasteiger partial charge is 0.227 e. The van der Waals surface area contributed by atoms with Gasteiger partial charge in [0.25, 0.3) is 0 Å². The molecular formula is C15H21FN2O2. The molecular weight excluding hydrogens is 259 g/mol. The summed E-state index contributed by atoms with van der Waals surface area (Å²) < 4.78 is 18.7. The van der Waals surface area contributed by atoms with E-state index in [2.05, 4.69) is 10.6 Å². The zero-order valence-corrected chi connectivity index (χ0v) is 11.9. The van der Waals surface area contributed by atoms with E-state index in [0.717, 1.165) is 19.5 Å². The fraction of sp³-hybridized carbons (Fsp3) is 0.533. The first-order valence-corrected chi connectivity index (χ1v) is 7.05. The average Bonchev–Trinajstić information content (AvgIpc) is 2.36. The number of hydrogen-bond donors (Lipinski definition) is 2. The van der Waals surface area contributed by atoms with Gasteiger partial charge in [0.2, 0.25) is 5.91 Å². The Balaban J connectivity index is 2.05. The molecule has 20 heavy (non-hydrogen) atoms. The molecule has 5 heteroatoms. The van der Waals surface area contributed by atoms with Gasteiger partial charge < -0.3 is 15.4 Å². The maximum Gasteiger partial charge on any atom is 0.227 e. The van der Waals surface area contributed by atoms with Crippen molar-refractivity contribution in [1.29, 1.82) is 0 Å². The molecule has 0 radical (unpaired) electrons. The first-order chi connectivity index (χ1) is 9.61. The van der Waals surface area contributed by atoms with Crippen molar-refractivity contribution in [3.63, 3.8) is 0 Å². The summed E-state index contributed by atoms with van der Waals surface area (Å²) in [6, 6.07) is 4.18. The molecule has 1 fully saturated rings. The number of hydrogen-bond acceptors (Lipinski definition) is 3. The quantitative estimate of drug-likeness (QED) is 0.841. The molecule has 0 aromatic heterocycles. The van der Waals surface area contributed by atoms with E-state index >= 15 is 0 Å². The molecule has 4 nitrogen and oxygen atoms in total. The molecule has 2 N–H and O–H groups in total. The highest BCUT2D eigenvalue weighted by Gasteiger charge is 2.29. The molecule has 110 valence electrons. The second-order valence-electron chi connectivity index (χ2n) is 5.19. The van der Waals surface area contributed by atoms with Crippen LogP contribution in [0.4, 0.5) is 10.1 Å². The summed E-state index contributed by atoms with van der Waals surface area (Å²) in [5.41, 5.74) is 0.531. The molecule has 1 heterocycles. The van der Waals surface area contributed by atoms with Gasteiger partial charge in [0, 0.05) is 12.0 Å². The molecule has 1 atom stereocenters. The summed E-state index contributed by atoms with van der Waals surface area (Å²) in [5, 5.41) is 5.99. The number of amides is 1. The van der Waals surface area contributed by atoms with Crippen molar-refractivity contribution in [3.8, 4) is 5.75 Å². The Bertz CT molecular complexity index is 475. The third-order valence-electron chi connectivity index (χ3n) is 3.60. The zero-order valence-electron chi connectivity index (χ0n) is 11.9. The van der Waals surface area contributed by atoms with E-state index in [-0.39, 0.29) is 17.6 Å². The molecule has 1 unspecified atom stereocenters. The highest BCUT2D eigenvalue weighted by Crippen LogP contribution is 2.27. The van der Waals surface area contributed by atoms with Crippen molar-refractivity contribution in [2.75, 3.05) is 25.0 Å². The maximum absolute atomic E-state index is 13.3. The van der Waals surface area contributed by atoms with Crippen molar-refractivity contribution < 1.29 is 13.9 Å². The lowest BCUT2D eigenvalue weighted by molar-refractivity contribution is -0.121. The van der Waals surface area contributed by atoms with Crippen molar-refractivity contribution in [2.45, 2.75) is 20.3 Å². The molecule has 1 aromatic carbocycles. The Morgan fingerprint density at radius 2 is 2.30 bits per heavy atom. The SMILES string of the molecule is CCCOc1cc(F)ccc1NC(=O)C(C)C1CNC1. The van der Waals surface area contributed by atoms with E-state index < -0.39 is 0 Å². The lowest BCUT2D eigenvalue weighted by Gasteiger charge is -2.31. The number of nitrogens with one attached hydrogen (secondary N) is 2. The Morgan fingerprint density at radius 3 is 2.90 bits per heavy atom. The standard InChI is InChI=1S/C15H21FN2O2/c1-3-6-20-14-7-12(16)4-5-13(14)18-15(19)10(2)11-8-17-9-11/h4-5,7,10-11,17H,3,6,8-9H2,1-2H3,(H,18,19). The molecule has 2 rings (SSSR count). The summed E-state index contributed by atoms with van der Waals surface area (Å²) in [5.74, 6) is 0.268. The Labute approximate surface area is 118 Å². The Morgan fingerprint density at radius 1 is 1.55 bits per heavy atom. The van der Waals surface area contributed by atoms with Crippen molar-refractivity contribution in [3.05, 3.63) is 24.0 Å². The van der Waals surface area contributed by atoms with E-state index in [9.17, 15) is 9.18 Å². The number of carbonyl (C=O) groups excluding carboxylic acids is 1. The number of anilines is 1. The normalized spacial score (nSPS) is 16.4. The highest BCUT2D eigenvalue weighted by atomic mass is 19.1. The number of halogens is 1. The number of carbonyl (C=O) groups is 1. The minimum atomic E-state index is -0.370. The molecule has 1 saturated heterocycles. The van der Waals surface area contributed by atoms with Crippen molar-refractivity contribution >= 4 is 11.6 Å². The van der Waals surface area contributed by atoms with Crippen LogP contribution in [-0.4, -0.2) is 25.6 Å². The van der Waals surface area contributed by atoms with Gasteiger partial charge in [0.1, 0.15) is 11.6 Å². The third-order valence-corrected chi connectivity index (χ3v) is 3.60. The summed E-state index contributed by atoms with van der Waals surface area (Å²) in [6.07, 6.45) is 0.827. The maximum atomic E-state index is 13.3. The van der Waals surface area contributed by atoms with Gasteiger partial charge in [-0.05, 0) is 37.6 Å². The molecule has 0 bridgehead atoms. The third kappa shape index (κ3) is 3.48. The van der Waals surface area contributed by atoms with Gasteiger partial charge in [0.15, 0.2) is 0 Å². The fourth-order valence-corrected chi connectivity index (χ4v) is 2.06. The van der Waals surface area contributed by atoms with Crippen molar-refractivity contribution in [2.24, 2.45) is 11.8 Å². The van der Waals surface area contributed by atoms with Crippen LogP contribution in [0.15, 0.2) is 18.2 Å². The highest BCUT2D eigenvalue weighted by molar-refractivity contribution is 5.94. The largest absolute Gasteiger partial charge is 0.491 e. The van der Waals surface area contributed by atoms with Crippen LogP contribution in [0.2, 0.25) is 0 Å². The molecule has 0 aliphatic carbocycles. The number of ether oxygens (including phenoxy) is 1. The van der Waals surface area contributed by atoms with Gasteiger partial charge in [-0.3, -0.25) is 4.79 Å². The van der Waals surface area contributed by atoms with Crippen LogP contribution in [0.5, 0.6) is 5.75 Å². The van der Waals surface area contributed by atoms with E-state index in [1.807, 2.05) is 13.8 Å². The van der Waals surface area contributed by atoms with E-state index in [0.29, 0.717) is 24.0 Å². The van der Waals surface area contributed by atoms with Gasteiger partial charge >= 0.3 is 0 Å². The molecule has 1 aliphatic rings. The predicted octanol–water partition coefficient (Wildman–Crippen LogP) is 2.41. The number of rotatable bonds is 6. The van der Waals surface area contributed by atoms with Gasteiger partial charge in [-0.2, -0.15) is 0 Å². The van der Waals surface area contributed by atoms with E-state index in [1.54, 1.807) is 6.07 Å². The lowest BCUT2D eigenvalue weighted by atomic mass is 9.88. The van der Waals surface area contributed by atoms with Crippen LogP contribution in [0.25, 0.3) is 0 Å². The van der Waals surface area contributed by atoms with E-state index in [4.69, 9.17) is 4.74 Å². The first kappa shape index (κ1) is 14.8. The van der Waals surface area contributed by atoms with Crippen LogP contribution < -0.4 is 15.4 Å².